The molecule has 0 fully saturated rings. The third-order valence-electron chi connectivity index (χ3n) is 2.44. The quantitative estimate of drug-likeness (QED) is 0.775. The van der Waals surface area contributed by atoms with Gasteiger partial charge in [-0.25, -0.2) is 4.39 Å². The Morgan fingerprint density at radius 3 is 2.50 bits per heavy atom. The molecule has 1 aromatic carbocycles. The number of halogens is 5. The molecule has 0 spiro atoms. The minimum absolute atomic E-state index is 0.0802. The Hall–Kier alpha value is -1.47. The Morgan fingerprint density at radius 2 is 1.94 bits per heavy atom. The van der Waals surface area contributed by atoms with Crippen LogP contribution in [0.25, 0.3) is 0 Å². The van der Waals surface area contributed by atoms with Crippen molar-refractivity contribution in [1.82, 2.24) is 11.0 Å². The van der Waals surface area contributed by atoms with Gasteiger partial charge in [0.05, 0.1) is 16.9 Å². The van der Waals surface area contributed by atoms with E-state index in [0.29, 0.717) is 0 Å². The van der Waals surface area contributed by atoms with Crippen LogP contribution in [0.4, 0.5) is 23.2 Å². The zero-order valence-electron chi connectivity index (χ0n) is 9.07. The van der Waals surface area contributed by atoms with Gasteiger partial charge in [0.2, 0.25) is 0 Å². The van der Waals surface area contributed by atoms with E-state index in [1.165, 1.54) is 19.1 Å². The maximum atomic E-state index is 13.5. The molecule has 8 heteroatoms. The van der Waals surface area contributed by atoms with Gasteiger partial charge in [-0.2, -0.15) is 13.2 Å². The van der Waals surface area contributed by atoms with Crippen molar-refractivity contribution in [3.63, 3.8) is 0 Å². The number of anilines is 1. The van der Waals surface area contributed by atoms with Gasteiger partial charge in [-0.3, -0.25) is 10.4 Å². The van der Waals surface area contributed by atoms with Crippen molar-refractivity contribution in [2.24, 2.45) is 0 Å². The van der Waals surface area contributed by atoms with Crippen LogP contribution in [-0.4, -0.2) is 6.18 Å². The van der Waals surface area contributed by atoms with Crippen LogP contribution in [0.5, 0.6) is 0 Å². The fraction of sp³-hybridized carbons (Fsp3) is 0.200. The van der Waals surface area contributed by atoms with E-state index in [9.17, 15) is 17.6 Å². The molecule has 2 N–H and O–H groups in total. The first kappa shape index (κ1) is 13.0. The summed E-state index contributed by atoms with van der Waals surface area (Å²) in [6, 6.07) is 2.70. The molecule has 0 saturated carbocycles. The van der Waals surface area contributed by atoms with Crippen molar-refractivity contribution in [3.05, 3.63) is 40.4 Å². The number of rotatable bonds is 1. The smallest absolute Gasteiger partial charge is 0.298 e. The molecule has 0 saturated heterocycles. The van der Waals surface area contributed by atoms with Gasteiger partial charge in [-0.1, -0.05) is 11.6 Å². The molecule has 1 aromatic rings. The van der Waals surface area contributed by atoms with E-state index in [1.807, 2.05) is 5.43 Å². The molecule has 0 unspecified atom stereocenters. The number of nitrogens with one attached hydrogen (secondary N) is 2. The highest BCUT2D eigenvalue weighted by Crippen LogP contribution is 2.31. The van der Waals surface area contributed by atoms with Crippen molar-refractivity contribution >= 4 is 17.3 Å². The van der Waals surface area contributed by atoms with Gasteiger partial charge in [0, 0.05) is 5.56 Å². The molecule has 1 aliphatic rings. The standard InChI is InChI=1S/C10H8ClF4N3/c1-5-7(3-2-6(11)9(5)12)18-4-8(16-17-18)10(13,14)15/h2-4,16-17H,1H3. The van der Waals surface area contributed by atoms with E-state index < -0.39 is 17.7 Å². The third-order valence-corrected chi connectivity index (χ3v) is 2.74. The van der Waals surface area contributed by atoms with Crippen molar-refractivity contribution < 1.29 is 17.6 Å². The molecule has 3 nitrogen and oxygen atoms in total. The van der Waals surface area contributed by atoms with Crippen molar-refractivity contribution in [1.29, 1.82) is 0 Å². The summed E-state index contributed by atoms with van der Waals surface area (Å²) in [5.74, 6) is -0.662. The summed E-state index contributed by atoms with van der Waals surface area (Å²) in [5.41, 5.74) is 3.67. The van der Waals surface area contributed by atoms with Gasteiger partial charge in [0.25, 0.3) is 0 Å². The largest absolute Gasteiger partial charge is 0.433 e. The highest BCUT2D eigenvalue weighted by atomic mass is 35.5. The summed E-state index contributed by atoms with van der Waals surface area (Å²) in [6.45, 7) is 1.43. The molecule has 0 radical (unpaired) electrons. The molecular formula is C10H8ClF4N3. The molecule has 0 amide bonds. The molecule has 1 heterocycles. The molecule has 2 rings (SSSR count). The van der Waals surface area contributed by atoms with Crippen molar-refractivity contribution in [2.75, 3.05) is 5.01 Å². The zero-order valence-corrected chi connectivity index (χ0v) is 9.83. The second-order valence-electron chi connectivity index (χ2n) is 3.65. The number of hydrogen-bond donors (Lipinski definition) is 2. The second-order valence-corrected chi connectivity index (χ2v) is 4.06. The lowest BCUT2D eigenvalue weighted by atomic mass is 10.2. The summed E-state index contributed by atoms with van der Waals surface area (Å²) in [4.78, 5) is 0. The van der Waals surface area contributed by atoms with E-state index in [4.69, 9.17) is 11.6 Å². The summed E-state index contributed by atoms with van der Waals surface area (Å²) in [7, 11) is 0. The van der Waals surface area contributed by atoms with E-state index >= 15 is 0 Å². The first-order valence-corrected chi connectivity index (χ1v) is 5.23. The van der Waals surface area contributed by atoms with Gasteiger partial charge in [-0.15, -0.1) is 5.53 Å². The van der Waals surface area contributed by atoms with Crippen LogP contribution in [0, 0.1) is 12.7 Å². The predicted molar refractivity (Wildman–Crippen MR) is 59.0 cm³/mol. The molecule has 18 heavy (non-hydrogen) atoms. The first-order valence-electron chi connectivity index (χ1n) is 4.85. The maximum Gasteiger partial charge on any atom is 0.433 e. The monoisotopic (exact) mass is 281 g/mol. The number of hydrogen-bond acceptors (Lipinski definition) is 3. The summed E-state index contributed by atoms with van der Waals surface area (Å²) in [5, 5.41) is 0.959. The molecular weight excluding hydrogens is 274 g/mol. The van der Waals surface area contributed by atoms with E-state index in [2.05, 4.69) is 5.53 Å². The van der Waals surface area contributed by atoms with Crippen LogP contribution in [0.1, 0.15) is 5.56 Å². The minimum atomic E-state index is -4.50. The van der Waals surface area contributed by atoms with Crippen LogP contribution in [0.3, 0.4) is 0 Å². The van der Waals surface area contributed by atoms with Gasteiger partial charge in [-0.05, 0) is 19.1 Å². The van der Waals surface area contributed by atoms with Gasteiger partial charge >= 0.3 is 6.18 Å². The average Bonchev–Trinajstić information content (AvgIpc) is 2.75. The Kier molecular flexibility index (Phi) is 3.12. The lowest BCUT2D eigenvalue weighted by molar-refractivity contribution is -0.0965. The summed E-state index contributed by atoms with van der Waals surface area (Å²) >= 11 is 5.57. The minimum Gasteiger partial charge on any atom is -0.298 e. The molecule has 0 aliphatic carbocycles. The Morgan fingerprint density at radius 1 is 1.28 bits per heavy atom. The highest BCUT2D eigenvalue weighted by molar-refractivity contribution is 6.30. The normalized spacial score (nSPS) is 15.7. The first-order chi connectivity index (χ1) is 8.30. The number of hydrazine groups is 2. The Bertz CT molecular complexity index is 513. The molecule has 1 aliphatic heterocycles. The van der Waals surface area contributed by atoms with Crippen LogP contribution in [0.2, 0.25) is 5.02 Å². The number of alkyl halides is 3. The third kappa shape index (κ3) is 2.23. The van der Waals surface area contributed by atoms with E-state index in [-0.39, 0.29) is 16.3 Å². The Balaban J connectivity index is 2.36. The van der Waals surface area contributed by atoms with Gasteiger partial charge < -0.3 is 0 Å². The fourth-order valence-electron chi connectivity index (χ4n) is 1.49. The van der Waals surface area contributed by atoms with Crippen LogP contribution in [0.15, 0.2) is 24.0 Å². The molecule has 0 bridgehead atoms. The van der Waals surface area contributed by atoms with Crippen molar-refractivity contribution in [3.8, 4) is 0 Å². The maximum absolute atomic E-state index is 13.5. The fourth-order valence-corrected chi connectivity index (χ4v) is 1.70. The van der Waals surface area contributed by atoms with E-state index in [1.54, 1.807) is 0 Å². The van der Waals surface area contributed by atoms with E-state index in [0.717, 1.165) is 11.2 Å². The van der Waals surface area contributed by atoms with Crippen LogP contribution in [-0.2, 0) is 0 Å². The SMILES string of the molecule is Cc1c(N2C=C(C(F)(F)F)NN2)ccc(Cl)c1F. The van der Waals surface area contributed by atoms with Crippen LogP contribution < -0.4 is 16.0 Å². The average molecular weight is 282 g/mol. The molecule has 0 atom stereocenters. The topological polar surface area (TPSA) is 27.3 Å². The predicted octanol–water partition coefficient (Wildman–Crippen LogP) is 3.02. The summed E-state index contributed by atoms with van der Waals surface area (Å²) < 4.78 is 50.7. The lowest BCUT2D eigenvalue weighted by Crippen LogP contribution is -2.38. The zero-order chi connectivity index (χ0) is 13.5. The molecule has 0 aromatic heterocycles. The molecule has 98 valence electrons. The number of benzene rings is 1. The lowest BCUT2D eigenvalue weighted by Gasteiger charge is -2.18. The second kappa shape index (κ2) is 4.33. The summed E-state index contributed by atoms with van der Waals surface area (Å²) in [6.07, 6.45) is -3.70. The van der Waals surface area contributed by atoms with Gasteiger partial charge in [0.1, 0.15) is 5.82 Å². The number of nitrogens with zero attached hydrogens (tertiary/aromatic N) is 1. The van der Waals surface area contributed by atoms with Crippen molar-refractivity contribution in [2.45, 2.75) is 13.1 Å². The van der Waals surface area contributed by atoms with Gasteiger partial charge in [0.15, 0.2) is 5.70 Å². The number of allylic oxidation sites excluding steroid dienone is 1. The highest BCUT2D eigenvalue weighted by Gasteiger charge is 2.37. The van der Waals surface area contributed by atoms with Crippen LogP contribution >= 0.6 is 11.6 Å². The Labute approximate surface area is 105 Å².